The van der Waals surface area contributed by atoms with Gasteiger partial charge in [-0.2, -0.15) is 0 Å². The van der Waals surface area contributed by atoms with Crippen LogP contribution in [0.1, 0.15) is 41.2 Å². The lowest BCUT2D eigenvalue weighted by Crippen LogP contribution is -2.45. The Hall–Kier alpha value is -1.47. The fraction of sp³-hybridized carbons (Fsp3) is 0.615. The van der Waals surface area contributed by atoms with Gasteiger partial charge in [-0.15, -0.1) is 11.3 Å². The van der Waals surface area contributed by atoms with Crippen LogP contribution in [0.25, 0.3) is 0 Å². The predicted molar refractivity (Wildman–Crippen MR) is 75.7 cm³/mol. The Morgan fingerprint density at radius 1 is 1.45 bits per heavy atom. The number of rotatable bonds is 5. The van der Waals surface area contributed by atoms with Crippen LogP contribution >= 0.6 is 11.3 Å². The van der Waals surface area contributed by atoms with E-state index in [4.69, 9.17) is 5.73 Å². The quantitative estimate of drug-likeness (QED) is 0.752. The summed E-state index contributed by atoms with van der Waals surface area (Å²) in [5.41, 5.74) is 5.80. The topological polar surface area (TPSA) is 105 Å². The zero-order chi connectivity index (χ0) is 14.5. The maximum absolute atomic E-state index is 12.1. The molecule has 1 aliphatic rings. The minimum Gasteiger partial charge on any atom is -0.481 e. The number of carboxylic acid groups (broad SMARTS) is 1. The van der Waals surface area contributed by atoms with Gasteiger partial charge in [0.25, 0.3) is 5.91 Å². The van der Waals surface area contributed by atoms with E-state index in [0.717, 1.165) is 17.8 Å². The molecule has 0 aromatic carbocycles. The first-order chi connectivity index (χ1) is 9.61. The number of hydrogen-bond donors (Lipinski definition) is 3. The molecule has 0 radical (unpaired) electrons. The molecule has 2 unspecified atom stereocenters. The summed E-state index contributed by atoms with van der Waals surface area (Å²) in [5.74, 6) is -1.62. The van der Waals surface area contributed by atoms with Crippen molar-refractivity contribution in [3.8, 4) is 0 Å². The first kappa shape index (κ1) is 14.9. The summed E-state index contributed by atoms with van der Waals surface area (Å²) >= 11 is 1.40. The number of thiazole rings is 1. The van der Waals surface area contributed by atoms with Crippen molar-refractivity contribution in [1.82, 2.24) is 10.3 Å². The molecule has 1 heterocycles. The van der Waals surface area contributed by atoms with Crippen molar-refractivity contribution in [1.29, 1.82) is 0 Å². The van der Waals surface area contributed by atoms with Crippen molar-refractivity contribution in [3.63, 3.8) is 0 Å². The third-order valence-electron chi connectivity index (χ3n) is 3.54. The molecule has 1 amide bonds. The molecule has 1 aromatic rings. The van der Waals surface area contributed by atoms with Gasteiger partial charge in [0.05, 0.1) is 10.9 Å². The minimum atomic E-state index is -0.836. The van der Waals surface area contributed by atoms with Gasteiger partial charge in [0.15, 0.2) is 0 Å². The van der Waals surface area contributed by atoms with Crippen LogP contribution in [-0.4, -0.2) is 34.6 Å². The maximum atomic E-state index is 12.1. The maximum Gasteiger partial charge on any atom is 0.308 e. The summed E-state index contributed by atoms with van der Waals surface area (Å²) in [7, 11) is 0. The van der Waals surface area contributed by atoms with E-state index in [1.165, 1.54) is 11.3 Å². The Kier molecular flexibility index (Phi) is 5.08. The molecule has 0 spiro atoms. The highest BCUT2D eigenvalue weighted by Crippen LogP contribution is 2.25. The Bertz CT molecular complexity index is 489. The lowest BCUT2D eigenvalue weighted by molar-refractivity contribution is -0.143. The molecule has 1 aromatic heterocycles. The predicted octanol–water partition coefficient (Wildman–Crippen LogP) is 1.02. The monoisotopic (exact) mass is 297 g/mol. The van der Waals surface area contributed by atoms with Gasteiger partial charge in [0, 0.05) is 17.8 Å². The molecule has 2 rings (SSSR count). The normalized spacial score (nSPS) is 22.4. The summed E-state index contributed by atoms with van der Waals surface area (Å²) in [6, 6.07) is -0.298. The van der Waals surface area contributed by atoms with Crippen LogP contribution in [0.15, 0.2) is 5.38 Å². The van der Waals surface area contributed by atoms with E-state index in [1.807, 2.05) is 0 Å². The van der Waals surface area contributed by atoms with E-state index >= 15 is 0 Å². The Labute approximate surface area is 121 Å². The highest BCUT2D eigenvalue weighted by molar-refractivity contribution is 7.09. The van der Waals surface area contributed by atoms with Crippen molar-refractivity contribution in [2.75, 3.05) is 6.54 Å². The van der Waals surface area contributed by atoms with Gasteiger partial charge in [-0.1, -0.05) is 12.8 Å². The number of nitrogens with zero attached hydrogens (tertiary/aromatic N) is 1. The fourth-order valence-electron chi connectivity index (χ4n) is 2.50. The van der Waals surface area contributed by atoms with E-state index in [-0.39, 0.29) is 11.9 Å². The standard InChI is InChI=1S/C13H19N3O3S/c14-6-5-11-15-10(7-20-11)12(17)16-9-4-2-1-3-8(9)13(18)19/h7-9H,1-6,14H2,(H,16,17)(H,18,19). The lowest BCUT2D eigenvalue weighted by atomic mass is 9.84. The van der Waals surface area contributed by atoms with Crippen molar-refractivity contribution in [2.45, 2.75) is 38.1 Å². The van der Waals surface area contributed by atoms with Crippen molar-refractivity contribution < 1.29 is 14.7 Å². The summed E-state index contributed by atoms with van der Waals surface area (Å²) in [4.78, 5) is 27.5. The lowest BCUT2D eigenvalue weighted by Gasteiger charge is -2.28. The number of carbonyl (C=O) groups excluding carboxylic acids is 1. The smallest absolute Gasteiger partial charge is 0.308 e. The minimum absolute atomic E-state index is 0.289. The largest absolute Gasteiger partial charge is 0.481 e. The highest BCUT2D eigenvalue weighted by atomic mass is 32.1. The average molecular weight is 297 g/mol. The zero-order valence-electron chi connectivity index (χ0n) is 11.2. The van der Waals surface area contributed by atoms with Gasteiger partial charge in [-0.25, -0.2) is 4.98 Å². The van der Waals surface area contributed by atoms with E-state index in [1.54, 1.807) is 5.38 Å². The fourth-order valence-corrected chi connectivity index (χ4v) is 3.29. The number of aliphatic carboxylic acids is 1. The van der Waals surface area contributed by atoms with Crippen LogP contribution in [0.5, 0.6) is 0 Å². The first-order valence-electron chi connectivity index (χ1n) is 6.80. The molecular weight excluding hydrogens is 278 g/mol. The Morgan fingerprint density at radius 2 is 2.20 bits per heavy atom. The summed E-state index contributed by atoms with van der Waals surface area (Å²) in [5, 5.41) is 14.5. The second kappa shape index (κ2) is 6.81. The van der Waals surface area contributed by atoms with Gasteiger partial charge < -0.3 is 16.2 Å². The molecule has 7 heteroatoms. The first-order valence-corrected chi connectivity index (χ1v) is 7.68. The highest BCUT2D eigenvalue weighted by Gasteiger charge is 2.32. The van der Waals surface area contributed by atoms with Crippen LogP contribution in [0.4, 0.5) is 0 Å². The molecular formula is C13H19N3O3S. The number of carbonyl (C=O) groups is 2. The Morgan fingerprint density at radius 3 is 2.90 bits per heavy atom. The summed E-state index contributed by atoms with van der Waals surface area (Å²) < 4.78 is 0. The van der Waals surface area contributed by atoms with Crippen LogP contribution < -0.4 is 11.1 Å². The summed E-state index contributed by atoms with van der Waals surface area (Å²) in [6.45, 7) is 0.498. The number of aromatic nitrogens is 1. The number of carboxylic acids is 1. The third-order valence-corrected chi connectivity index (χ3v) is 4.45. The van der Waals surface area contributed by atoms with Crippen molar-refractivity contribution in [3.05, 3.63) is 16.1 Å². The van der Waals surface area contributed by atoms with E-state index in [2.05, 4.69) is 10.3 Å². The van der Waals surface area contributed by atoms with E-state index < -0.39 is 11.9 Å². The molecule has 2 atom stereocenters. The molecule has 6 nitrogen and oxygen atoms in total. The van der Waals surface area contributed by atoms with E-state index in [0.29, 0.717) is 31.5 Å². The molecule has 1 aliphatic carbocycles. The van der Waals surface area contributed by atoms with Gasteiger partial charge in [0.2, 0.25) is 0 Å². The van der Waals surface area contributed by atoms with Gasteiger partial charge in [-0.05, 0) is 19.4 Å². The van der Waals surface area contributed by atoms with Gasteiger partial charge in [0.1, 0.15) is 5.69 Å². The molecule has 0 aliphatic heterocycles. The van der Waals surface area contributed by atoms with Crippen molar-refractivity contribution in [2.24, 2.45) is 11.7 Å². The summed E-state index contributed by atoms with van der Waals surface area (Å²) in [6.07, 6.45) is 3.84. The SMILES string of the molecule is NCCc1nc(C(=O)NC2CCCCC2C(=O)O)cs1. The second-order valence-corrected chi connectivity index (χ2v) is 5.92. The number of nitrogens with one attached hydrogen (secondary N) is 1. The van der Waals surface area contributed by atoms with Crippen LogP contribution in [-0.2, 0) is 11.2 Å². The Balaban J connectivity index is 1.99. The van der Waals surface area contributed by atoms with Gasteiger partial charge in [-0.3, -0.25) is 9.59 Å². The number of amides is 1. The van der Waals surface area contributed by atoms with Crippen LogP contribution in [0.2, 0.25) is 0 Å². The molecule has 0 saturated heterocycles. The molecule has 1 fully saturated rings. The molecule has 110 valence electrons. The molecule has 20 heavy (non-hydrogen) atoms. The van der Waals surface area contributed by atoms with Gasteiger partial charge >= 0.3 is 5.97 Å². The molecule has 0 bridgehead atoms. The average Bonchev–Trinajstić information content (AvgIpc) is 2.88. The second-order valence-electron chi connectivity index (χ2n) is 4.97. The molecule has 1 saturated carbocycles. The number of nitrogens with two attached hydrogens (primary N) is 1. The molecule has 4 N–H and O–H groups in total. The van der Waals surface area contributed by atoms with E-state index in [9.17, 15) is 14.7 Å². The third kappa shape index (κ3) is 3.55. The van der Waals surface area contributed by atoms with Crippen LogP contribution in [0, 0.1) is 5.92 Å². The zero-order valence-corrected chi connectivity index (χ0v) is 12.0. The van der Waals surface area contributed by atoms with Crippen molar-refractivity contribution >= 4 is 23.2 Å². The number of hydrogen-bond acceptors (Lipinski definition) is 5. The van der Waals surface area contributed by atoms with Crippen LogP contribution in [0.3, 0.4) is 0 Å².